The fourth-order valence-corrected chi connectivity index (χ4v) is 6.03. The molecule has 1 saturated heterocycles. The normalized spacial score (nSPS) is 14.9. The lowest BCUT2D eigenvalue weighted by molar-refractivity contribution is 0.0701. The number of nitrogens with one attached hydrogen (secondary N) is 2. The van der Waals surface area contributed by atoms with E-state index < -0.39 is 10.0 Å². The largest absolute Gasteiger partial charge is 0.338 e. The van der Waals surface area contributed by atoms with Crippen LogP contribution in [0.5, 0.6) is 0 Å². The van der Waals surface area contributed by atoms with E-state index in [2.05, 4.69) is 20.6 Å². The van der Waals surface area contributed by atoms with Gasteiger partial charge in [0.25, 0.3) is 5.91 Å². The van der Waals surface area contributed by atoms with Crippen molar-refractivity contribution in [1.29, 1.82) is 0 Å². The number of aromatic nitrogens is 2. The molecule has 10 nitrogen and oxygen atoms in total. The predicted molar refractivity (Wildman–Crippen MR) is 126 cm³/mol. The van der Waals surface area contributed by atoms with Crippen molar-refractivity contribution in [2.24, 2.45) is 0 Å². The third kappa shape index (κ3) is 4.78. The number of hydrogen-bond donors (Lipinski definition) is 2. The number of thiophene rings is 1. The van der Waals surface area contributed by atoms with Crippen LogP contribution in [-0.4, -0.2) is 72.3 Å². The molecule has 1 aliphatic rings. The molecule has 3 amide bonds. The van der Waals surface area contributed by atoms with Crippen molar-refractivity contribution in [3.05, 3.63) is 47.5 Å². The molecular weight excluding hydrogens is 488 g/mol. The van der Waals surface area contributed by atoms with Gasteiger partial charge in [0.1, 0.15) is 9.90 Å². The van der Waals surface area contributed by atoms with Crippen molar-refractivity contribution in [2.75, 3.05) is 38.0 Å². The molecule has 0 atom stereocenters. The van der Waals surface area contributed by atoms with E-state index in [1.807, 2.05) is 24.3 Å². The minimum atomic E-state index is -3.80. The van der Waals surface area contributed by atoms with E-state index in [0.29, 0.717) is 17.1 Å². The number of hydrogen-bond acceptors (Lipinski definition) is 7. The highest BCUT2D eigenvalue weighted by Crippen LogP contribution is 2.36. The fraction of sp³-hybridized carbons (Fsp3) is 0.300. The summed E-state index contributed by atoms with van der Waals surface area (Å²) in [6, 6.07) is 7.04. The second kappa shape index (κ2) is 9.59. The van der Waals surface area contributed by atoms with E-state index >= 15 is 0 Å². The second-order valence-corrected chi connectivity index (χ2v) is 10.5. The summed E-state index contributed by atoms with van der Waals surface area (Å²) in [6.45, 7) is 2.92. The van der Waals surface area contributed by atoms with Gasteiger partial charge >= 0.3 is 6.03 Å². The number of nitrogens with zero attached hydrogens (tertiary/aromatic N) is 4. The van der Waals surface area contributed by atoms with Crippen LogP contribution in [0, 0.1) is 0 Å². The lowest BCUT2D eigenvalue weighted by Gasteiger charge is -2.34. The molecule has 0 bridgehead atoms. The summed E-state index contributed by atoms with van der Waals surface area (Å²) in [5.74, 6) is -0.258. The third-order valence-corrected chi connectivity index (χ3v) is 8.27. The number of carbonyl (C=O) groups excluding carboxylic acids is 2. The van der Waals surface area contributed by atoms with Gasteiger partial charge in [0.2, 0.25) is 15.3 Å². The predicted octanol–water partition coefficient (Wildman–Crippen LogP) is 2.63. The molecule has 2 N–H and O–H groups in total. The Labute approximate surface area is 199 Å². The van der Waals surface area contributed by atoms with Crippen LogP contribution in [0.25, 0.3) is 10.1 Å². The Balaban J connectivity index is 1.54. The molecule has 13 heteroatoms. The highest BCUT2D eigenvalue weighted by molar-refractivity contribution is 7.89. The molecule has 0 unspecified atom stereocenters. The quantitative estimate of drug-likeness (QED) is 0.510. The number of fused-ring (bicyclic) bond motifs is 1. The Hall–Kier alpha value is -2.80. The van der Waals surface area contributed by atoms with Gasteiger partial charge in [-0.15, -0.1) is 11.3 Å². The molecule has 0 radical (unpaired) electrons. The average Bonchev–Trinajstić information content (AvgIpc) is 3.16. The number of benzene rings is 1. The SMILES string of the molecule is CCNC(=O)Nc1sc2ccccc2c1C(=O)N1CCN(S(=O)(=O)c2cnc(Cl)nc2)CC1. The van der Waals surface area contributed by atoms with Crippen molar-refractivity contribution in [1.82, 2.24) is 24.5 Å². The molecule has 0 spiro atoms. The van der Waals surface area contributed by atoms with Crippen molar-refractivity contribution in [3.8, 4) is 0 Å². The van der Waals surface area contributed by atoms with Crippen LogP contribution in [0.1, 0.15) is 17.3 Å². The third-order valence-electron chi connectivity index (χ3n) is 5.13. The number of urea groups is 1. The summed E-state index contributed by atoms with van der Waals surface area (Å²) in [5, 5.41) is 6.60. The number of amides is 3. The van der Waals surface area contributed by atoms with E-state index in [1.54, 1.807) is 11.8 Å². The second-order valence-electron chi connectivity index (χ2n) is 7.17. The molecule has 1 aliphatic heterocycles. The molecule has 2 aromatic heterocycles. The molecule has 1 fully saturated rings. The number of rotatable bonds is 5. The Bertz CT molecular complexity index is 1290. The lowest BCUT2D eigenvalue weighted by Crippen LogP contribution is -2.50. The maximum atomic E-state index is 13.5. The zero-order chi connectivity index (χ0) is 23.6. The summed E-state index contributed by atoms with van der Waals surface area (Å²) in [4.78, 5) is 34.6. The minimum Gasteiger partial charge on any atom is -0.338 e. The van der Waals surface area contributed by atoms with Gasteiger partial charge in [0.05, 0.1) is 18.0 Å². The molecule has 3 heterocycles. The van der Waals surface area contributed by atoms with Crippen LogP contribution < -0.4 is 10.6 Å². The van der Waals surface area contributed by atoms with Crippen LogP contribution in [0.2, 0.25) is 5.28 Å². The lowest BCUT2D eigenvalue weighted by atomic mass is 10.1. The monoisotopic (exact) mass is 508 g/mol. The van der Waals surface area contributed by atoms with E-state index in [-0.39, 0.29) is 48.3 Å². The average molecular weight is 509 g/mol. The summed E-state index contributed by atoms with van der Waals surface area (Å²) < 4.78 is 27.9. The number of anilines is 1. The number of carbonyl (C=O) groups is 2. The highest BCUT2D eigenvalue weighted by atomic mass is 35.5. The van der Waals surface area contributed by atoms with Crippen molar-refractivity contribution in [2.45, 2.75) is 11.8 Å². The Kier molecular flexibility index (Phi) is 6.79. The van der Waals surface area contributed by atoms with E-state index in [4.69, 9.17) is 11.6 Å². The zero-order valence-corrected chi connectivity index (χ0v) is 20.0. The van der Waals surface area contributed by atoms with Crippen LogP contribution in [0.15, 0.2) is 41.6 Å². The maximum absolute atomic E-state index is 13.5. The summed E-state index contributed by atoms with van der Waals surface area (Å²) >= 11 is 6.97. The molecule has 33 heavy (non-hydrogen) atoms. The van der Waals surface area contributed by atoms with Gasteiger partial charge in [-0.1, -0.05) is 18.2 Å². The first-order chi connectivity index (χ1) is 15.8. The van der Waals surface area contributed by atoms with Crippen molar-refractivity contribution < 1.29 is 18.0 Å². The number of sulfonamides is 1. The van der Waals surface area contributed by atoms with Crippen LogP contribution >= 0.6 is 22.9 Å². The summed E-state index contributed by atoms with van der Waals surface area (Å²) in [5.41, 5.74) is 0.407. The van der Waals surface area contributed by atoms with E-state index in [0.717, 1.165) is 10.1 Å². The molecule has 3 aromatic rings. The van der Waals surface area contributed by atoms with Gasteiger partial charge in [-0.05, 0) is 24.6 Å². The maximum Gasteiger partial charge on any atom is 0.319 e. The number of piperazine rings is 1. The van der Waals surface area contributed by atoms with Gasteiger partial charge in [-0.3, -0.25) is 10.1 Å². The molecular formula is C20H21ClN6O4S2. The highest BCUT2D eigenvalue weighted by Gasteiger charge is 2.32. The molecule has 0 saturated carbocycles. The summed E-state index contributed by atoms with van der Waals surface area (Å²) in [7, 11) is -3.80. The van der Waals surface area contributed by atoms with Crippen molar-refractivity contribution >= 4 is 60.0 Å². The van der Waals surface area contributed by atoms with Gasteiger partial charge in [-0.25, -0.2) is 23.2 Å². The first kappa shape index (κ1) is 23.4. The first-order valence-corrected chi connectivity index (χ1v) is 12.8. The Morgan fingerprint density at radius 1 is 1.12 bits per heavy atom. The van der Waals surface area contributed by atoms with Crippen LogP contribution in [0.3, 0.4) is 0 Å². The smallest absolute Gasteiger partial charge is 0.319 e. The standard InChI is InChI=1S/C20H21ClN6O4S2/c1-2-22-20(29)25-17-16(14-5-3-4-6-15(14)32-17)18(28)26-7-9-27(10-8-26)33(30,31)13-11-23-19(21)24-12-13/h3-6,11-12H,2,7-10H2,1H3,(H2,22,25,29). The summed E-state index contributed by atoms with van der Waals surface area (Å²) in [6.07, 6.45) is 2.33. The van der Waals surface area contributed by atoms with Crippen molar-refractivity contribution in [3.63, 3.8) is 0 Å². The van der Waals surface area contributed by atoms with E-state index in [9.17, 15) is 18.0 Å². The van der Waals surface area contributed by atoms with Gasteiger partial charge in [0.15, 0.2) is 0 Å². The fourth-order valence-electron chi connectivity index (χ4n) is 3.53. The minimum absolute atomic E-state index is 0.0376. The zero-order valence-electron chi connectivity index (χ0n) is 17.6. The first-order valence-electron chi connectivity index (χ1n) is 10.1. The van der Waals surface area contributed by atoms with Gasteiger partial charge < -0.3 is 10.2 Å². The Morgan fingerprint density at radius 3 is 2.45 bits per heavy atom. The molecule has 1 aromatic carbocycles. The number of halogens is 1. The topological polar surface area (TPSA) is 125 Å². The van der Waals surface area contributed by atoms with Crippen LogP contribution in [0.4, 0.5) is 9.80 Å². The van der Waals surface area contributed by atoms with E-state index in [1.165, 1.54) is 28.0 Å². The van der Waals surface area contributed by atoms with Gasteiger partial charge in [-0.2, -0.15) is 4.31 Å². The van der Waals surface area contributed by atoms with Crippen LogP contribution in [-0.2, 0) is 10.0 Å². The molecule has 4 rings (SSSR count). The molecule has 174 valence electrons. The molecule has 0 aliphatic carbocycles. The Morgan fingerprint density at radius 2 is 1.79 bits per heavy atom. The van der Waals surface area contributed by atoms with Gasteiger partial charge in [0, 0.05) is 42.8 Å².